The molecule has 27 heavy (non-hydrogen) atoms. The van der Waals surface area contributed by atoms with Crippen LogP contribution in [0.15, 0.2) is 33.9 Å². The highest BCUT2D eigenvalue weighted by Gasteiger charge is 2.13. The number of esters is 1. The van der Waals surface area contributed by atoms with Crippen LogP contribution in [0.4, 0.5) is 0 Å². The number of benzene rings is 1. The smallest absolute Gasteiger partial charge is 0.328 e. The summed E-state index contributed by atoms with van der Waals surface area (Å²) in [6.45, 7) is 3.10. The van der Waals surface area contributed by atoms with E-state index in [1.807, 2.05) is 6.92 Å². The second-order valence-electron chi connectivity index (χ2n) is 6.50. The van der Waals surface area contributed by atoms with Crippen LogP contribution < -0.4 is 16.4 Å². The predicted octanol–water partition coefficient (Wildman–Crippen LogP) is 1.32. The van der Waals surface area contributed by atoms with Crippen LogP contribution in [0, 0.1) is 0 Å². The van der Waals surface area contributed by atoms with Crippen molar-refractivity contribution < 1.29 is 14.3 Å². The fourth-order valence-corrected chi connectivity index (χ4v) is 2.77. The minimum atomic E-state index is -0.781. The van der Waals surface area contributed by atoms with Crippen LogP contribution in [0.1, 0.15) is 39.5 Å². The summed E-state index contributed by atoms with van der Waals surface area (Å²) in [5, 5.41) is 5.57. The van der Waals surface area contributed by atoms with Gasteiger partial charge < -0.3 is 10.1 Å². The van der Waals surface area contributed by atoms with Crippen LogP contribution in [0.25, 0.3) is 10.8 Å². The third-order valence-electron chi connectivity index (χ3n) is 4.18. The zero-order valence-corrected chi connectivity index (χ0v) is 15.6. The molecule has 2 rings (SSSR count). The Morgan fingerprint density at radius 2 is 1.89 bits per heavy atom. The molecule has 146 valence electrons. The van der Waals surface area contributed by atoms with Gasteiger partial charge in [0.1, 0.15) is 6.54 Å². The molecule has 1 heterocycles. The van der Waals surface area contributed by atoms with Gasteiger partial charge >= 0.3 is 5.97 Å². The van der Waals surface area contributed by atoms with Crippen molar-refractivity contribution in [3.63, 3.8) is 0 Å². The van der Waals surface area contributed by atoms with Crippen LogP contribution in [0.3, 0.4) is 0 Å². The zero-order chi connectivity index (χ0) is 19.8. The molecule has 1 aromatic heterocycles. The normalized spacial score (nSPS) is 11.9. The van der Waals surface area contributed by atoms with Gasteiger partial charge in [-0.2, -0.15) is 0 Å². The Hall–Kier alpha value is -2.90. The van der Waals surface area contributed by atoms with Crippen molar-refractivity contribution in [3.8, 4) is 0 Å². The molecular weight excluding hydrogens is 350 g/mol. The van der Waals surface area contributed by atoms with Crippen molar-refractivity contribution in [1.29, 1.82) is 0 Å². The summed E-state index contributed by atoms with van der Waals surface area (Å²) >= 11 is 0. The molecule has 0 spiro atoms. The molecule has 8 nitrogen and oxygen atoms in total. The first-order valence-electron chi connectivity index (χ1n) is 9.09. The number of unbranched alkanes of at least 4 members (excludes halogenated alkanes) is 2. The number of rotatable bonds is 9. The summed E-state index contributed by atoms with van der Waals surface area (Å²) in [5.41, 5.74) is -0.979. The van der Waals surface area contributed by atoms with E-state index in [2.05, 4.69) is 17.3 Å². The Morgan fingerprint density at radius 1 is 1.19 bits per heavy atom. The van der Waals surface area contributed by atoms with Crippen LogP contribution >= 0.6 is 0 Å². The number of amides is 1. The maximum absolute atomic E-state index is 12.3. The summed E-state index contributed by atoms with van der Waals surface area (Å²) < 4.78 is 5.80. The van der Waals surface area contributed by atoms with Crippen molar-refractivity contribution in [1.82, 2.24) is 15.1 Å². The van der Waals surface area contributed by atoms with Gasteiger partial charge in [-0.05, 0) is 25.5 Å². The first-order valence-corrected chi connectivity index (χ1v) is 9.09. The first-order chi connectivity index (χ1) is 12.9. The molecule has 1 atom stereocenters. The Labute approximate surface area is 156 Å². The molecule has 2 N–H and O–H groups in total. The number of ether oxygens (including phenoxy) is 1. The van der Waals surface area contributed by atoms with E-state index >= 15 is 0 Å². The van der Waals surface area contributed by atoms with Gasteiger partial charge in [0, 0.05) is 6.04 Å². The molecule has 0 saturated carbocycles. The van der Waals surface area contributed by atoms with Crippen molar-refractivity contribution in [3.05, 3.63) is 45.0 Å². The van der Waals surface area contributed by atoms with Crippen LogP contribution in [-0.4, -0.2) is 34.3 Å². The molecule has 8 heteroatoms. The van der Waals surface area contributed by atoms with E-state index in [9.17, 15) is 19.2 Å². The third-order valence-corrected chi connectivity index (χ3v) is 4.18. The van der Waals surface area contributed by atoms with Crippen LogP contribution in [0.5, 0.6) is 0 Å². The molecule has 2 aromatic rings. The molecule has 1 amide bonds. The van der Waals surface area contributed by atoms with E-state index in [0.717, 1.165) is 30.4 Å². The molecule has 0 unspecified atom stereocenters. The predicted molar refractivity (Wildman–Crippen MR) is 102 cm³/mol. The fraction of sp³-hybridized carbons (Fsp3) is 0.474. The Morgan fingerprint density at radius 3 is 2.59 bits per heavy atom. The monoisotopic (exact) mass is 375 g/mol. The average Bonchev–Trinajstić information content (AvgIpc) is 2.64. The lowest BCUT2D eigenvalue weighted by Crippen LogP contribution is -2.37. The SMILES string of the molecule is CCCCC[C@@H](C)NC(=O)COC(=O)Cn1[nH]c(=O)c2ccccc2c1=O. The van der Waals surface area contributed by atoms with Crippen molar-refractivity contribution in [2.24, 2.45) is 0 Å². The second-order valence-corrected chi connectivity index (χ2v) is 6.50. The topological polar surface area (TPSA) is 110 Å². The van der Waals surface area contributed by atoms with Gasteiger partial charge in [0.25, 0.3) is 17.0 Å². The largest absolute Gasteiger partial charge is 0.454 e. The highest BCUT2D eigenvalue weighted by molar-refractivity contribution is 5.81. The Kier molecular flexibility index (Phi) is 7.34. The molecule has 0 bridgehead atoms. The van der Waals surface area contributed by atoms with E-state index in [0.29, 0.717) is 0 Å². The van der Waals surface area contributed by atoms with Gasteiger partial charge in [0.05, 0.1) is 10.8 Å². The number of hydrogen-bond donors (Lipinski definition) is 2. The number of nitrogens with one attached hydrogen (secondary N) is 2. The maximum atomic E-state index is 12.3. The van der Waals surface area contributed by atoms with E-state index in [-0.39, 0.29) is 16.8 Å². The highest BCUT2D eigenvalue weighted by atomic mass is 16.5. The average molecular weight is 375 g/mol. The molecule has 0 fully saturated rings. The number of carbonyl (C=O) groups is 2. The molecule has 0 aliphatic rings. The van der Waals surface area contributed by atoms with E-state index in [1.54, 1.807) is 12.1 Å². The van der Waals surface area contributed by atoms with Gasteiger partial charge in [-0.1, -0.05) is 38.3 Å². The van der Waals surface area contributed by atoms with Gasteiger partial charge in [-0.3, -0.25) is 24.3 Å². The van der Waals surface area contributed by atoms with Gasteiger partial charge in [0.15, 0.2) is 6.61 Å². The Balaban J connectivity index is 1.90. The summed E-state index contributed by atoms with van der Waals surface area (Å²) in [7, 11) is 0. The molecule has 1 aromatic carbocycles. The first kappa shape index (κ1) is 20.4. The number of carbonyl (C=O) groups excluding carboxylic acids is 2. The standard InChI is InChI=1S/C19H25N3O5/c1-3-4-5-8-13(2)20-16(23)12-27-17(24)11-22-19(26)15-10-7-6-9-14(15)18(25)21-22/h6-7,9-10,13H,3-5,8,11-12H2,1-2H3,(H,20,23)(H,21,25)/t13-/m1/s1. The van der Waals surface area contributed by atoms with E-state index in [1.165, 1.54) is 12.1 Å². The lowest BCUT2D eigenvalue weighted by atomic mass is 10.1. The third kappa shape index (κ3) is 5.80. The highest BCUT2D eigenvalue weighted by Crippen LogP contribution is 2.03. The number of fused-ring (bicyclic) bond motifs is 1. The summed E-state index contributed by atoms with van der Waals surface area (Å²) in [5.74, 6) is -1.18. The molecule has 0 radical (unpaired) electrons. The van der Waals surface area contributed by atoms with Crippen molar-refractivity contribution in [2.75, 3.05) is 6.61 Å². The summed E-state index contributed by atoms with van der Waals surface area (Å²) in [4.78, 5) is 48.1. The number of H-pyrrole nitrogens is 1. The summed E-state index contributed by atoms with van der Waals surface area (Å²) in [6.07, 6.45) is 4.10. The molecule has 0 aliphatic heterocycles. The van der Waals surface area contributed by atoms with Crippen molar-refractivity contribution in [2.45, 2.75) is 52.1 Å². The molecule has 0 saturated heterocycles. The molecule has 0 aliphatic carbocycles. The summed E-state index contributed by atoms with van der Waals surface area (Å²) in [6, 6.07) is 6.34. The second kappa shape index (κ2) is 9.70. The zero-order valence-electron chi connectivity index (χ0n) is 15.6. The van der Waals surface area contributed by atoms with Gasteiger partial charge in [0.2, 0.25) is 0 Å². The van der Waals surface area contributed by atoms with Gasteiger partial charge in [-0.25, -0.2) is 4.68 Å². The number of aromatic nitrogens is 2. The Bertz CT molecular complexity index is 915. The fourth-order valence-electron chi connectivity index (χ4n) is 2.77. The number of aromatic amines is 1. The van der Waals surface area contributed by atoms with E-state index < -0.39 is 36.1 Å². The van der Waals surface area contributed by atoms with Crippen molar-refractivity contribution >= 4 is 22.6 Å². The lowest BCUT2D eigenvalue weighted by molar-refractivity contribution is -0.149. The lowest BCUT2D eigenvalue weighted by Gasteiger charge is -2.13. The van der Waals surface area contributed by atoms with Gasteiger partial charge in [-0.15, -0.1) is 0 Å². The number of hydrogen-bond acceptors (Lipinski definition) is 5. The quantitative estimate of drug-likeness (QED) is 0.507. The maximum Gasteiger partial charge on any atom is 0.328 e. The minimum absolute atomic E-state index is 0.00205. The van der Waals surface area contributed by atoms with Crippen LogP contribution in [0.2, 0.25) is 0 Å². The van der Waals surface area contributed by atoms with Crippen LogP contribution in [-0.2, 0) is 20.9 Å². The number of nitrogens with zero attached hydrogens (tertiary/aromatic N) is 1. The van der Waals surface area contributed by atoms with E-state index in [4.69, 9.17) is 4.74 Å². The minimum Gasteiger partial charge on any atom is -0.454 e. The molecular formula is C19H25N3O5.